The molecule has 2 atom stereocenters. The molecule has 1 fully saturated rings. The van der Waals surface area contributed by atoms with E-state index in [1.807, 2.05) is 0 Å². The van der Waals surface area contributed by atoms with E-state index in [0.717, 1.165) is 26.0 Å². The Morgan fingerprint density at radius 3 is 2.74 bits per heavy atom. The third-order valence-electron chi connectivity index (χ3n) is 3.20. The second-order valence-electron chi connectivity index (χ2n) is 4.75. The first-order valence-electron chi connectivity index (χ1n) is 6.59. The lowest BCUT2D eigenvalue weighted by Crippen LogP contribution is -2.39. The van der Waals surface area contributed by atoms with Crippen molar-refractivity contribution in [3.05, 3.63) is 28.2 Å². The Morgan fingerprint density at radius 2 is 2.11 bits per heavy atom. The number of hydrogen-bond donors (Lipinski definition) is 1. The molecule has 5 heteroatoms. The summed E-state index contributed by atoms with van der Waals surface area (Å²) in [5.74, 6) is 0.698. The van der Waals surface area contributed by atoms with Gasteiger partial charge in [0.05, 0.1) is 6.10 Å². The molecule has 1 aliphatic heterocycles. The predicted octanol–water partition coefficient (Wildman–Crippen LogP) is 3.53. The van der Waals surface area contributed by atoms with E-state index >= 15 is 0 Å². The summed E-state index contributed by atoms with van der Waals surface area (Å²) < 4.78 is 11.2. The summed E-state index contributed by atoms with van der Waals surface area (Å²) in [6.07, 6.45) is 2.63. The number of hydrogen-bond acceptors (Lipinski definition) is 3. The maximum atomic E-state index is 5.90. The van der Waals surface area contributed by atoms with Crippen molar-refractivity contribution in [2.75, 3.05) is 19.8 Å². The lowest BCUT2D eigenvalue weighted by molar-refractivity contribution is 0.0824. The number of benzene rings is 1. The van der Waals surface area contributed by atoms with Crippen LogP contribution in [0.15, 0.2) is 18.2 Å². The van der Waals surface area contributed by atoms with Crippen molar-refractivity contribution >= 4 is 23.2 Å². The summed E-state index contributed by atoms with van der Waals surface area (Å²) in [6.45, 7) is 4.37. The van der Waals surface area contributed by atoms with Crippen LogP contribution in [-0.2, 0) is 4.74 Å². The summed E-state index contributed by atoms with van der Waals surface area (Å²) in [5, 5.41) is 4.58. The summed E-state index contributed by atoms with van der Waals surface area (Å²) >= 11 is 11.8. The van der Waals surface area contributed by atoms with Crippen LogP contribution in [-0.4, -0.2) is 31.9 Å². The zero-order chi connectivity index (χ0) is 13.7. The van der Waals surface area contributed by atoms with Crippen LogP contribution in [0.4, 0.5) is 0 Å². The fourth-order valence-corrected chi connectivity index (χ4v) is 2.70. The van der Waals surface area contributed by atoms with E-state index < -0.39 is 0 Å². The van der Waals surface area contributed by atoms with Gasteiger partial charge in [0.1, 0.15) is 12.4 Å². The highest BCUT2D eigenvalue weighted by molar-refractivity contribution is 6.34. The average molecular weight is 304 g/mol. The van der Waals surface area contributed by atoms with Gasteiger partial charge in [-0.2, -0.15) is 0 Å². The highest BCUT2D eigenvalue weighted by Gasteiger charge is 2.21. The predicted molar refractivity (Wildman–Crippen MR) is 78.4 cm³/mol. The molecule has 1 aliphatic rings. The number of halogens is 2. The molecule has 0 radical (unpaired) electrons. The molecule has 3 nitrogen and oxygen atoms in total. The van der Waals surface area contributed by atoms with Gasteiger partial charge in [-0.1, -0.05) is 23.2 Å². The highest BCUT2D eigenvalue weighted by atomic mass is 35.5. The van der Waals surface area contributed by atoms with Crippen molar-refractivity contribution in [3.63, 3.8) is 0 Å². The molecule has 0 aromatic heterocycles. The van der Waals surface area contributed by atoms with E-state index in [2.05, 4.69) is 12.2 Å². The first-order chi connectivity index (χ1) is 9.15. The Balaban J connectivity index is 1.68. The Morgan fingerprint density at radius 1 is 1.37 bits per heavy atom. The van der Waals surface area contributed by atoms with E-state index in [4.69, 9.17) is 32.7 Å². The molecule has 0 bridgehead atoms. The molecule has 0 spiro atoms. The van der Waals surface area contributed by atoms with Gasteiger partial charge < -0.3 is 14.8 Å². The summed E-state index contributed by atoms with van der Waals surface area (Å²) in [4.78, 5) is 0. The zero-order valence-corrected chi connectivity index (χ0v) is 12.5. The van der Waals surface area contributed by atoms with Gasteiger partial charge in [0.2, 0.25) is 0 Å². The first-order valence-corrected chi connectivity index (χ1v) is 7.34. The molecule has 0 saturated carbocycles. The zero-order valence-electron chi connectivity index (χ0n) is 11.0. The topological polar surface area (TPSA) is 30.5 Å². The van der Waals surface area contributed by atoms with Gasteiger partial charge in [0.15, 0.2) is 0 Å². The smallest absolute Gasteiger partial charge is 0.122 e. The van der Waals surface area contributed by atoms with Gasteiger partial charge >= 0.3 is 0 Å². The summed E-state index contributed by atoms with van der Waals surface area (Å²) in [5.41, 5.74) is 0. The fourth-order valence-electron chi connectivity index (χ4n) is 2.20. The van der Waals surface area contributed by atoms with Crippen LogP contribution in [0.25, 0.3) is 0 Å². The minimum absolute atomic E-state index is 0.334. The lowest BCUT2D eigenvalue weighted by atomic mass is 10.1. The van der Waals surface area contributed by atoms with Crippen LogP contribution in [0.1, 0.15) is 19.8 Å². The first kappa shape index (κ1) is 14.9. The standard InChI is InChI=1S/C14H19Cl2NO2/c1-10(14-3-2-5-19-14)17-4-6-18-13-8-11(15)7-12(16)9-13/h7-10,14,17H,2-6H2,1H3. The Kier molecular flexibility index (Phi) is 5.76. The quantitative estimate of drug-likeness (QED) is 0.816. The number of rotatable bonds is 6. The van der Waals surface area contributed by atoms with E-state index in [1.54, 1.807) is 18.2 Å². The fraction of sp³-hybridized carbons (Fsp3) is 0.571. The van der Waals surface area contributed by atoms with Crippen molar-refractivity contribution in [1.82, 2.24) is 5.32 Å². The Bertz CT molecular complexity index is 388. The molecule has 0 aliphatic carbocycles. The van der Waals surface area contributed by atoms with E-state index in [1.165, 1.54) is 0 Å². The van der Waals surface area contributed by atoms with Crippen LogP contribution in [0.5, 0.6) is 5.75 Å². The monoisotopic (exact) mass is 303 g/mol. The Labute approximate surface area is 124 Å². The van der Waals surface area contributed by atoms with Crippen LogP contribution in [0.3, 0.4) is 0 Å². The minimum atomic E-state index is 0.334. The van der Waals surface area contributed by atoms with Crippen molar-refractivity contribution in [2.45, 2.75) is 31.9 Å². The third-order valence-corrected chi connectivity index (χ3v) is 3.63. The second kappa shape index (κ2) is 7.34. The Hall–Kier alpha value is -0.480. The molecule has 106 valence electrons. The molecule has 0 amide bonds. The normalized spacial score (nSPS) is 20.5. The van der Waals surface area contributed by atoms with Crippen molar-refractivity contribution in [3.8, 4) is 5.75 Å². The van der Waals surface area contributed by atoms with Gasteiger partial charge in [-0.3, -0.25) is 0 Å². The lowest BCUT2D eigenvalue weighted by Gasteiger charge is -2.20. The minimum Gasteiger partial charge on any atom is -0.492 e. The molecule has 2 unspecified atom stereocenters. The van der Waals surface area contributed by atoms with Crippen molar-refractivity contribution < 1.29 is 9.47 Å². The molecular weight excluding hydrogens is 285 g/mol. The van der Waals surface area contributed by atoms with E-state index in [-0.39, 0.29) is 0 Å². The molecule has 1 N–H and O–H groups in total. The van der Waals surface area contributed by atoms with E-state index in [9.17, 15) is 0 Å². The van der Waals surface area contributed by atoms with Gasteiger partial charge in [0.25, 0.3) is 0 Å². The molecule has 1 aromatic rings. The van der Waals surface area contributed by atoms with Gasteiger partial charge in [-0.05, 0) is 38.0 Å². The molecular formula is C14H19Cl2NO2. The SMILES string of the molecule is CC(NCCOc1cc(Cl)cc(Cl)c1)C1CCCO1. The molecule has 1 heterocycles. The van der Waals surface area contributed by atoms with Crippen LogP contribution >= 0.6 is 23.2 Å². The van der Waals surface area contributed by atoms with Crippen molar-refractivity contribution in [1.29, 1.82) is 0 Å². The summed E-state index contributed by atoms with van der Waals surface area (Å²) in [7, 11) is 0. The van der Waals surface area contributed by atoms with Gasteiger partial charge in [0, 0.05) is 29.2 Å². The third kappa shape index (κ3) is 4.84. The van der Waals surface area contributed by atoms with Crippen molar-refractivity contribution in [2.24, 2.45) is 0 Å². The average Bonchev–Trinajstić information content (AvgIpc) is 2.87. The van der Waals surface area contributed by atoms with Gasteiger partial charge in [-0.15, -0.1) is 0 Å². The maximum Gasteiger partial charge on any atom is 0.122 e. The number of ether oxygens (including phenoxy) is 2. The van der Waals surface area contributed by atoms with Gasteiger partial charge in [-0.25, -0.2) is 0 Å². The number of nitrogens with one attached hydrogen (secondary N) is 1. The largest absolute Gasteiger partial charge is 0.492 e. The molecule has 1 aromatic carbocycles. The maximum absolute atomic E-state index is 5.90. The second-order valence-corrected chi connectivity index (χ2v) is 5.62. The van der Waals surface area contributed by atoms with Crippen LogP contribution < -0.4 is 10.1 Å². The molecule has 19 heavy (non-hydrogen) atoms. The summed E-state index contributed by atoms with van der Waals surface area (Å²) in [6, 6.07) is 5.57. The molecule has 1 saturated heterocycles. The van der Waals surface area contributed by atoms with Crippen LogP contribution in [0.2, 0.25) is 10.0 Å². The van der Waals surface area contributed by atoms with E-state index in [0.29, 0.717) is 34.5 Å². The molecule has 2 rings (SSSR count). The van der Waals surface area contributed by atoms with Crippen LogP contribution in [0, 0.1) is 0 Å². The highest BCUT2D eigenvalue weighted by Crippen LogP contribution is 2.24.